The van der Waals surface area contributed by atoms with Crippen molar-refractivity contribution in [3.8, 4) is 5.75 Å². The molecule has 20 heavy (non-hydrogen) atoms. The normalized spacial score (nSPS) is 16.9. The predicted molar refractivity (Wildman–Crippen MR) is 78.4 cm³/mol. The number of hydrogen-bond acceptors (Lipinski definition) is 4. The monoisotopic (exact) mass is 277 g/mol. The summed E-state index contributed by atoms with van der Waals surface area (Å²) < 4.78 is 10.8. The summed E-state index contributed by atoms with van der Waals surface area (Å²) in [5, 5.41) is 0. The number of hydrogen-bond donors (Lipinski definition) is 0. The molecular weight excluding hydrogens is 254 g/mol. The molecular formula is C16H23NO3. The second-order valence-corrected chi connectivity index (χ2v) is 5.44. The second-order valence-electron chi connectivity index (χ2n) is 5.44. The predicted octanol–water partition coefficient (Wildman–Crippen LogP) is 2.38. The lowest BCUT2D eigenvalue weighted by molar-refractivity contribution is -0.00429. The van der Waals surface area contributed by atoms with Gasteiger partial charge in [-0.1, -0.05) is 0 Å². The smallest absolute Gasteiger partial charge is 0.182 e. The highest BCUT2D eigenvalue weighted by Gasteiger charge is 2.35. The lowest BCUT2D eigenvalue weighted by Crippen LogP contribution is -2.54. The van der Waals surface area contributed by atoms with Gasteiger partial charge in [-0.25, -0.2) is 0 Å². The first-order valence-electron chi connectivity index (χ1n) is 7.16. The minimum absolute atomic E-state index is 0.141. The van der Waals surface area contributed by atoms with E-state index in [1.807, 2.05) is 45.0 Å². The summed E-state index contributed by atoms with van der Waals surface area (Å²) in [6.45, 7) is 9.53. The average molecular weight is 277 g/mol. The summed E-state index contributed by atoms with van der Waals surface area (Å²) in [5.74, 6) is 0.940. The Balaban J connectivity index is 2.12. The molecule has 1 aromatic rings. The zero-order valence-electron chi connectivity index (χ0n) is 12.5. The molecule has 0 amide bonds. The molecule has 2 rings (SSSR count). The molecule has 0 unspecified atom stereocenters. The van der Waals surface area contributed by atoms with E-state index in [0.29, 0.717) is 19.8 Å². The summed E-state index contributed by atoms with van der Waals surface area (Å²) in [5.41, 5.74) is 0.224. The van der Waals surface area contributed by atoms with Gasteiger partial charge in [0, 0.05) is 18.7 Å². The number of benzene rings is 1. The summed E-state index contributed by atoms with van der Waals surface area (Å²) in [7, 11) is 0. The van der Waals surface area contributed by atoms with Crippen LogP contribution in [0.2, 0.25) is 0 Å². The van der Waals surface area contributed by atoms with Crippen molar-refractivity contribution in [2.24, 2.45) is 0 Å². The fraction of sp³-hybridized carbons (Fsp3) is 0.562. The fourth-order valence-corrected chi connectivity index (χ4v) is 2.49. The van der Waals surface area contributed by atoms with Crippen LogP contribution < -0.4 is 4.74 Å². The van der Waals surface area contributed by atoms with E-state index in [4.69, 9.17) is 9.47 Å². The zero-order valence-corrected chi connectivity index (χ0v) is 12.5. The van der Waals surface area contributed by atoms with E-state index in [1.54, 1.807) is 0 Å². The average Bonchev–Trinajstić information content (AvgIpc) is 2.48. The molecule has 0 radical (unpaired) electrons. The van der Waals surface area contributed by atoms with Crippen LogP contribution in [0.4, 0.5) is 0 Å². The lowest BCUT2D eigenvalue weighted by atomic mass is 9.91. The van der Waals surface area contributed by atoms with Crippen molar-refractivity contribution in [3.05, 3.63) is 29.8 Å². The third-order valence-corrected chi connectivity index (χ3v) is 3.78. The maximum absolute atomic E-state index is 12.7. The van der Waals surface area contributed by atoms with Crippen LogP contribution >= 0.6 is 0 Å². The van der Waals surface area contributed by atoms with Crippen molar-refractivity contribution in [3.63, 3.8) is 0 Å². The topological polar surface area (TPSA) is 38.8 Å². The molecule has 0 bridgehead atoms. The van der Waals surface area contributed by atoms with Gasteiger partial charge in [0.05, 0.1) is 25.4 Å². The van der Waals surface area contributed by atoms with Gasteiger partial charge in [0.2, 0.25) is 0 Å². The molecule has 1 heterocycles. The maximum atomic E-state index is 12.7. The van der Waals surface area contributed by atoms with Crippen LogP contribution in [-0.4, -0.2) is 49.1 Å². The molecule has 0 aliphatic carbocycles. The third-order valence-electron chi connectivity index (χ3n) is 3.78. The molecule has 110 valence electrons. The van der Waals surface area contributed by atoms with Crippen molar-refractivity contribution >= 4 is 5.78 Å². The fourth-order valence-electron chi connectivity index (χ4n) is 2.49. The molecule has 0 N–H and O–H groups in total. The van der Waals surface area contributed by atoms with Gasteiger partial charge in [-0.2, -0.15) is 0 Å². The highest BCUT2D eigenvalue weighted by Crippen LogP contribution is 2.23. The van der Waals surface area contributed by atoms with E-state index in [9.17, 15) is 4.79 Å². The summed E-state index contributed by atoms with van der Waals surface area (Å²) in [4.78, 5) is 14.9. The van der Waals surface area contributed by atoms with E-state index in [2.05, 4.69) is 4.90 Å². The van der Waals surface area contributed by atoms with Crippen LogP contribution in [0.25, 0.3) is 0 Å². The maximum Gasteiger partial charge on any atom is 0.182 e. The Morgan fingerprint density at radius 1 is 1.25 bits per heavy atom. The first-order chi connectivity index (χ1) is 9.55. The SMILES string of the molecule is CCOc1ccc(C(=O)C(C)(C)N2CCOCC2)cc1. The van der Waals surface area contributed by atoms with Crippen molar-refractivity contribution in [1.82, 2.24) is 4.90 Å². The number of Topliss-reactive ketones (excluding diaryl/α,β-unsaturated/α-hetero) is 1. The number of morpholine rings is 1. The third kappa shape index (κ3) is 3.19. The van der Waals surface area contributed by atoms with Crippen molar-refractivity contribution < 1.29 is 14.3 Å². The summed E-state index contributed by atoms with van der Waals surface area (Å²) in [6.07, 6.45) is 0. The number of rotatable bonds is 5. The van der Waals surface area contributed by atoms with Gasteiger partial charge in [0.15, 0.2) is 5.78 Å². The molecule has 0 aromatic heterocycles. The highest BCUT2D eigenvalue weighted by atomic mass is 16.5. The molecule has 1 fully saturated rings. The second kappa shape index (κ2) is 6.37. The van der Waals surface area contributed by atoms with E-state index < -0.39 is 5.54 Å². The van der Waals surface area contributed by atoms with Gasteiger partial charge in [0.1, 0.15) is 5.75 Å². The van der Waals surface area contributed by atoms with Crippen LogP contribution in [0, 0.1) is 0 Å². The first-order valence-corrected chi connectivity index (χ1v) is 7.16. The van der Waals surface area contributed by atoms with Crippen LogP contribution in [0.15, 0.2) is 24.3 Å². The van der Waals surface area contributed by atoms with Gasteiger partial charge in [-0.3, -0.25) is 9.69 Å². The molecule has 1 aliphatic rings. The molecule has 1 aromatic carbocycles. The Bertz CT molecular complexity index is 447. The molecule has 1 aliphatic heterocycles. The Labute approximate surface area is 120 Å². The minimum atomic E-state index is -0.503. The van der Waals surface area contributed by atoms with E-state index in [-0.39, 0.29) is 5.78 Å². The highest BCUT2D eigenvalue weighted by molar-refractivity contribution is 6.02. The standard InChI is InChI=1S/C16H23NO3/c1-4-20-14-7-5-13(6-8-14)15(18)16(2,3)17-9-11-19-12-10-17/h5-8H,4,9-12H2,1-3H3. The van der Waals surface area contributed by atoms with E-state index >= 15 is 0 Å². The Kier molecular flexibility index (Phi) is 4.78. The van der Waals surface area contributed by atoms with E-state index in [1.165, 1.54) is 0 Å². The quantitative estimate of drug-likeness (QED) is 0.775. The van der Waals surface area contributed by atoms with Crippen LogP contribution in [0.3, 0.4) is 0 Å². The first kappa shape index (κ1) is 15.0. The summed E-state index contributed by atoms with van der Waals surface area (Å²) in [6, 6.07) is 7.39. The largest absolute Gasteiger partial charge is 0.494 e. The Hall–Kier alpha value is -1.39. The number of ether oxygens (including phenoxy) is 2. The Morgan fingerprint density at radius 3 is 2.40 bits per heavy atom. The number of carbonyl (C=O) groups is 1. The number of ketones is 1. The number of carbonyl (C=O) groups excluding carboxylic acids is 1. The van der Waals surface area contributed by atoms with Crippen LogP contribution in [0.1, 0.15) is 31.1 Å². The lowest BCUT2D eigenvalue weighted by Gasteiger charge is -2.39. The number of nitrogens with zero attached hydrogens (tertiary/aromatic N) is 1. The molecule has 0 spiro atoms. The summed E-state index contributed by atoms with van der Waals surface area (Å²) >= 11 is 0. The van der Waals surface area contributed by atoms with Gasteiger partial charge < -0.3 is 9.47 Å². The molecule has 4 nitrogen and oxygen atoms in total. The van der Waals surface area contributed by atoms with Crippen molar-refractivity contribution in [1.29, 1.82) is 0 Å². The van der Waals surface area contributed by atoms with Crippen LogP contribution in [0.5, 0.6) is 5.75 Å². The Morgan fingerprint density at radius 2 is 1.85 bits per heavy atom. The molecule has 1 saturated heterocycles. The van der Waals surface area contributed by atoms with Crippen molar-refractivity contribution in [2.45, 2.75) is 26.3 Å². The zero-order chi connectivity index (χ0) is 14.6. The van der Waals surface area contributed by atoms with Gasteiger partial charge in [-0.05, 0) is 45.0 Å². The van der Waals surface area contributed by atoms with Gasteiger partial charge in [0.25, 0.3) is 0 Å². The van der Waals surface area contributed by atoms with Crippen molar-refractivity contribution in [2.75, 3.05) is 32.9 Å². The van der Waals surface area contributed by atoms with E-state index in [0.717, 1.165) is 24.4 Å². The van der Waals surface area contributed by atoms with Gasteiger partial charge in [-0.15, -0.1) is 0 Å². The molecule has 0 saturated carbocycles. The van der Waals surface area contributed by atoms with Gasteiger partial charge >= 0.3 is 0 Å². The molecule has 4 heteroatoms. The molecule has 0 atom stereocenters. The minimum Gasteiger partial charge on any atom is -0.494 e. The van der Waals surface area contributed by atoms with Crippen LogP contribution in [-0.2, 0) is 4.74 Å².